The van der Waals surface area contributed by atoms with Crippen molar-refractivity contribution in [1.82, 2.24) is 15.4 Å². The van der Waals surface area contributed by atoms with Crippen LogP contribution >= 0.6 is 0 Å². The van der Waals surface area contributed by atoms with Crippen molar-refractivity contribution in [3.63, 3.8) is 0 Å². The van der Waals surface area contributed by atoms with Crippen LogP contribution in [0.3, 0.4) is 0 Å². The van der Waals surface area contributed by atoms with E-state index in [4.69, 9.17) is 5.21 Å². The highest BCUT2D eigenvalue weighted by atomic mass is 16.5. The number of nitrogens with zero attached hydrogens (tertiary/aromatic N) is 2. The predicted octanol–water partition coefficient (Wildman–Crippen LogP) is 3.57. The number of aryl methyl sites for hydroxylation is 2. The first kappa shape index (κ1) is 18.5. The van der Waals surface area contributed by atoms with Crippen LogP contribution in [0, 0.1) is 13.8 Å². The number of amides is 1. The molecule has 3 rings (SSSR count). The Morgan fingerprint density at radius 2 is 1.78 bits per heavy atom. The van der Waals surface area contributed by atoms with Gasteiger partial charge in [-0.15, -0.1) is 0 Å². The summed E-state index contributed by atoms with van der Waals surface area (Å²) in [6, 6.07) is 12.9. The molecule has 6 heteroatoms. The molecule has 0 fully saturated rings. The van der Waals surface area contributed by atoms with Crippen LogP contribution in [0.25, 0.3) is 22.5 Å². The summed E-state index contributed by atoms with van der Waals surface area (Å²) in [5, 5.41) is 18.9. The summed E-state index contributed by atoms with van der Waals surface area (Å²) in [6.07, 6.45) is 2.15. The molecule has 0 saturated carbocycles. The Balaban J connectivity index is 2.11. The number of hydrogen-bond donors (Lipinski definition) is 3. The minimum absolute atomic E-state index is 0.0889. The smallest absolute Gasteiger partial charge is 0.243 e. The van der Waals surface area contributed by atoms with E-state index in [9.17, 15) is 9.90 Å². The number of aromatic hydroxyl groups is 1. The summed E-state index contributed by atoms with van der Waals surface area (Å²) >= 11 is 0. The highest BCUT2D eigenvalue weighted by molar-refractivity contribution is 5.76. The summed E-state index contributed by atoms with van der Waals surface area (Å²) in [5.41, 5.74) is 6.95. The van der Waals surface area contributed by atoms with E-state index >= 15 is 0 Å². The molecule has 0 saturated heterocycles. The minimum Gasteiger partial charge on any atom is -0.507 e. The van der Waals surface area contributed by atoms with Crippen LogP contribution in [0.2, 0.25) is 0 Å². The van der Waals surface area contributed by atoms with E-state index in [0.29, 0.717) is 23.5 Å². The Kier molecular flexibility index (Phi) is 5.47. The maximum absolute atomic E-state index is 11.5. The number of hydroxylamine groups is 1. The van der Waals surface area contributed by atoms with Crippen molar-refractivity contribution in [3.05, 3.63) is 65.5 Å². The summed E-state index contributed by atoms with van der Waals surface area (Å²) in [5.74, 6) is 0.00207. The maximum atomic E-state index is 11.5. The monoisotopic (exact) mass is 363 g/mol. The molecule has 3 aromatic rings. The molecule has 138 valence electrons. The first-order valence-corrected chi connectivity index (χ1v) is 8.65. The van der Waals surface area contributed by atoms with E-state index < -0.39 is 5.91 Å². The van der Waals surface area contributed by atoms with Gasteiger partial charge in [-0.2, -0.15) is 0 Å². The first-order valence-electron chi connectivity index (χ1n) is 8.65. The van der Waals surface area contributed by atoms with Gasteiger partial charge in [-0.25, -0.2) is 15.4 Å². The number of phenols is 1. The van der Waals surface area contributed by atoms with E-state index in [1.54, 1.807) is 35.9 Å². The number of aromatic nitrogens is 2. The van der Waals surface area contributed by atoms with Gasteiger partial charge < -0.3 is 5.11 Å². The number of carbonyl (C=O) groups excluding carboxylic acids is 1. The Morgan fingerprint density at radius 1 is 1.04 bits per heavy atom. The molecule has 1 heterocycles. The molecule has 0 atom stereocenters. The van der Waals surface area contributed by atoms with E-state index in [0.717, 1.165) is 22.3 Å². The van der Waals surface area contributed by atoms with Crippen molar-refractivity contribution in [1.29, 1.82) is 0 Å². The number of carbonyl (C=O) groups is 1. The third kappa shape index (κ3) is 3.96. The number of phenolic OH excluding ortho intramolecular Hbond substituents is 1. The molecule has 0 bridgehead atoms. The molecule has 1 aromatic heterocycles. The van der Waals surface area contributed by atoms with E-state index in [1.807, 2.05) is 32.0 Å². The maximum Gasteiger partial charge on any atom is 0.243 e. The second-order valence-corrected chi connectivity index (χ2v) is 6.35. The van der Waals surface area contributed by atoms with Crippen LogP contribution in [0.4, 0.5) is 0 Å². The van der Waals surface area contributed by atoms with Crippen molar-refractivity contribution in [2.45, 2.75) is 26.7 Å². The van der Waals surface area contributed by atoms with Gasteiger partial charge in [0.05, 0.1) is 11.3 Å². The lowest BCUT2D eigenvalue weighted by atomic mass is 9.95. The minimum atomic E-state index is -0.482. The fraction of sp³-hybridized carbons (Fsp3) is 0.190. The molecule has 1 amide bonds. The van der Waals surface area contributed by atoms with Crippen molar-refractivity contribution in [2.24, 2.45) is 0 Å². The number of benzene rings is 2. The zero-order valence-corrected chi connectivity index (χ0v) is 15.2. The quantitative estimate of drug-likeness (QED) is 0.476. The van der Waals surface area contributed by atoms with E-state index in [2.05, 4.69) is 9.97 Å². The molecule has 0 aliphatic heterocycles. The average Bonchev–Trinajstić information content (AvgIpc) is 2.68. The second-order valence-electron chi connectivity index (χ2n) is 6.35. The number of para-hydroxylation sites is 1. The number of rotatable bonds is 5. The second kappa shape index (κ2) is 7.97. The Labute approximate surface area is 157 Å². The number of nitrogens with one attached hydrogen (secondary N) is 1. The molecule has 2 aromatic carbocycles. The molecule has 0 radical (unpaired) electrons. The van der Waals surface area contributed by atoms with E-state index in [1.165, 1.54) is 0 Å². The lowest BCUT2D eigenvalue weighted by molar-refractivity contribution is -0.129. The van der Waals surface area contributed by atoms with E-state index in [-0.39, 0.29) is 12.2 Å². The van der Waals surface area contributed by atoms with Crippen LogP contribution in [0.1, 0.15) is 23.2 Å². The molecule has 6 nitrogen and oxygen atoms in total. The molecule has 0 spiro atoms. The van der Waals surface area contributed by atoms with Crippen LogP contribution in [-0.4, -0.2) is 26.2 Å². The topological polar surface area (TPSA) is 95.3 Å². The van der Waals surface area contributed by atoms with Crippen LogP contribution in [0.5, 0.6) is 5.75 Å². The summed E-state index contributed by atoms with van der Waals surface area (Å²) in [4.78, 5) is 20.6. The van der Waals surface area contributed by atoms with Gasteiger partial charge >= 0.3 is 0 Å². The van der Waals surface area contributed by atoms with Gasteiger partial charge in [0, 0.05) is 18.2 Å². The molecular formula is C21H21N3O3. The SMILES string of the molecule is Cc1cccc(-c2cnc(-c3ccccc3O)nc2CCC(=O)NO)c1C. The van der Waals surface area contributed by atoms with Gasteiger partial charge in [0.1, 0.15) is 5.75 Å². The summed E-state index contributed by atoms with van der Waals surface area (Å²) in [6.45, 7) is 4.07. The van der Waals surface area contributed by atoms with Crippen molar-refractivity contribution < 1.29 is 15.1 Å². The Morgan fingerprint density at radius 3 is 2.52 bits per heavy atom. The van der Waals surface area contributed by atoms with Crippen LogP contribution in [-0.2, 0) is 11.2 Å². The molecule has 0 aliphatic rings. The third-order valence-corrected chi connectivity index (χ3v) is 4.62. The molecule has 27 heavy (non-hydrogen) atoms. The molecule has 0 unspecified atom stereocenters. The molecule has 0 aliphatic carbocycles. The largest absolute Gasteiger partial charge is 0.507 e. The zero-order valence-electron chi connectivity index (χ0n) is 15.2. The highest BCUT2D eigenvalue weighted by Crippen LogP contribution is 2.31. The average molecular weight is 363 g/mol. The fourth-order valence-electron chi connectivity index (χ4n) is 2.96. The van der Waals surface area contributed by atoms with Gasteiger partial charge in [-0.1, -0.05) is 30.3 Å². The normalized spacial score (nSPS) is 10.6. The molecular weight excluding hydrogens is 342 g/mol. The van der Waals surface area contributed by atoms with Gasteiger partial charge in [0.2, 0.25) is 5.91 Å². The lowest BCUT2D eigenvalue weighted by Crippen LogP contribution is -2.19. The van der Waals surface area contributed by atoms with Crippen molar-refractivity contribution in [2.75, 3.05) is 0 Å². The third-order valence-electron chi connectivity index (χ3n) is 4.62. The molecule has 3 N–H and O–H groups in total. The number of hydrogen-bond acceptors (Lipinski definition) is 5. The zero-order chi connectivity index (χ0) is 19.4. The van der Waals surface area contributed by atoms with Gasteiger partial charge in [0.15, 0.2) is 5.82 Å². The Bertz CT molecular complexity index is 986. The van der Waals surface area contributed by atoms with Crippen LogP contribution in [0.15, 0.2) is 48.7 Å². The standard InChI is InChI=1S/C21H21N3O3/c1-13-6-5-8-15(14(13)2)17-12-22-21(16-7-3-4-9-19(16)25)23-18(17)10-11-20(26)24-27/h3-9,12,25,27H,10-11H2,1-2H3,(H,24,26). The summed E-state index contributed by atoms with van der Waals surface area (Å²) in [7, 11) is 0. The van der Waals surface area contributed by atoms with Crippen molar-refractivity contribution in [3.8, 4) is 28.3 Å². The van der Waals surface area contributed by atoms with Gasteiger partial charge in [-0.3, -0.25) is 10.0 Å². The van der Waals surface area contributed by atoms with Gasteiger partial charge in [0.25, 0.3) is 0 Å². The van der Waals surface area contributed by atoms with Crippen molar-refractivity contribution >= 4 is 5.91 Å². The Hall–Kier alpha value is -3.25. The lowest BCUT2D eigenvalue weighted by Gasteiger charge is -2.14. The van der Waals surface area contributed by atoms with Crippen LogP contribution < -0.4 is 5.48 Å². The predicted molar refractivity (Wildman–Crippen MR) is 102 cm³/mol. The fourth-order valence-corrected chi connectivity index (χ4v) is 2.96. The first-order chi connectivity index (χ1) is 13.0. The van der Waals surface area contributed by atoms with Gasteiger partial charge in [-0.05, 0) is 49.1 Å². The highest BCUT2D eigenvalue weighted by Gasteiger charge is 2.15. The summed E-state index contributed by atoms with van der Waals surface area (Å²) < 4.78 is 0.